The average Bonchev–Trinajstić information content (AvgIpc) is 3.26. The second-order valence-electron chi connectivity index (χ2n) is 10.7. The minimum absolute atomic E-state index is 0.107. The SMILES string of the molecule is CCCCCCCCCCCCCCCCCC(=O)O[C@@H](CN1CCOCC1)CN1CCCC1=O. The van der Waals surface area contributed by atoms with Gasteiger partial charge in [0.15, 0.2) is 0 Å². The van der Waals surface area contributed by atoms with Crippen molar-refractivity contribution in [2.24, 2.45) is 0 Å². The molecule has 0 aromatic carbocycles. The van der Waals surface area contributed by atoms with Crippen LogP contribution in [0.2, 0.25) is 0 Å². The molecule has 2 aliphatic rings. The van der Waals surface area contributed by atoms with Gasteiger partial charge in [0.25, 0.3) is 0 Å². The highest BCUT2D eigenvalue weighted by Gasteiger charge is 2.27. The molecule has 0 aliphatic carbocycles. The van der Waals surface area contributed by atoms with E-state index in [0.29, 0.717) is 25.9 Å². The predicted molar refractivity (Wildman–Crippen MR) is 142 cm³/mol. The molecule has 6 nitrogen and oxygen atoms in total. The number of amides is 1. The highest BCUT2D eigenvalue weighted by Crippen LogP contribution is 2.15. The molecule has 2 heterocycles. The number of hydrogen-bond acceptors (Lipinski definition) is 5. The number of rotatable bonds is 21. The lowest BCUT2D eigenvalue weighted by atomic mass is 10.0. The Bertz CT molecular complexity index is 551. The molecule has 0 spiro atoms. The monoisotopic (exact) mass is 494 g/mol. The Labute approximate surface area is 215 Å². The lowest BCUT2D eigenvalue weighted by Crippen LogP contribution is -2.46. The Hall–Kier alpha value is -1.14. The summed E-state index contributed by atoms with van der Waals surface area (Å²) < 4.78 is 11.3. The molecular weight excluding hydrogens is 440 g/mol. The van der Waals surface area contributed by atoms with Crippen LogP contribution in [0.15, 0.2) is 0 Å². The Balaban J connectivity index is 1.47. The topological polar surface area (TPSA) is 59.1 Å². The van der Waals surface area contributed by atoms with E-state index in [4.69, 9.17) is 9.47 Å². The summed E-state index contributed by atoms with van der Waals surface area (Å²) in [6.07, 6.45) is 21.6. The van der Waals surface area contributed by atoms with Crippen molar-refractivity contribution in [3.05, 3.63) is 0 Å². The minimum atomic E-state index is -0.237. The highest BCUT2D eigenvalue weighted by atomic mass is 16.5. The summed E-state index contributed by atoms with van der Waals surface area (Å²) in [6, 6.07) is 0. The molecular formula is C29H54N2O4. The minimum Gasteiger partial charge on any atom is -0.459 e. The normalized spacial score (nSPS) is 17.7. The van der Waals surface area contributed by atoms with Crippen LogP contribution in [0.5, 0.6) is 0 Å². The van der Waals surface area contributed by atoms with E-state index in [1.807, 2.05) is 4.90 Å². The van der Waals surface area contributed by atoms with Gasteiger partial charge in [0.05, 0.1) is 19.8 Å². The quantitative estimate of drug-likeness (QED) is 0.142. The van der Waals surface area contributed by atoms with Crippen LogP contribution >= 0.6 is 0 Å². The molecule has 0 aromatic heterocycles. The molecule has 0 unspecified atom stereocenters. The van der Waals surface area contributed by atoms with Crippen molar-refractivity contribution < 1.29 is 19.1 Å². The zero-order valence-corrected chi connectivity index (χ0v) is 22.8. The number of unbranched alkanes of at least 4 members (excludes halogenated alkanes) is 14. The molecule has 0 N–H and O–H groups in total. The third kappa shape index (κ3) is 14.9. The number of likely N-dealkylation sites (tertiary alicyclic amines) is 1. The maximum Gasteiger partial charge on any atom is 0.306 e. The van der Waals surface area contributed by atoms with E-state index in [1.54, 1.807) is 0 Å². The van der Waals surface area contributed by atoms with Gasteiger partial charge in [-0.3, -0.25) is 14.5 Å². The number of carbonyl (C=O) groups is 2. The molecule has 2 aliphatic heterocycles. The third-order valence-electron chi connectivity index (χ3n) is 7.44. The molecule has 2 saturated heterocycles. The van der Waals surface area contributed by atoms with Gasteiger partial charge in [-0.2, -0.15) is 0 Å². The van der Waals surface area contributed by atoms with E-state index in [2.05, 4.69) is 11.8 Å². The average molecular weight is 495 g/mol. The lowest BCUT2D eigenvalue weighted by Gasteiger charge is -2.32. The molecule has 0 saturated carbocycles. The zero-order chi connectivity index (χ0) is 25.0. The first-order chi connectivity index (χ1) is 17.2. The molecule has 2 fully saturated rings. The van der Waals surface area contributed by atoms with Crippen LogP contribution in [0.4, 0.5) is 0 Å². The summed E-state index contributed by atoms with van der Waals surface area (Å²) in [5.74, 6) is 0.0834. The number of morpholine rings is 1. The maximum atomic E-state index is 12.5. The fourth-order valence-corrected chi connectivity index (χ4v) is 5.23. The third-order valence-corrected chi connectivity index (χ3v) is 7.44. The summed E-state index contributed by atoms with van der Waals surface area (Å²) in [5.41, 5.74) is 0. The molecule has 204 valence electrons. The van der Waals surface area contributed by atoms with Crippen LogP contribution in [0.25, 0.3) is 0 Å². The standard InChI is InChI=1S/C29H54N2O4/c1-2-3-4-5-6-7-8-9-10-11-12-13-14-15-16-19-29(33)35-27(25-30-21-23-34-24-22-30)26-31-20-17-18-28(31)32/h27H,2-26H2,1H3/t27-/m0/s1. The summed E-state index contributed by atoms with van der Waals surface area (Å²) in [6.45, 7) is 7.46. The van der Waals surface area contributed by atoms with E-state index < -0.39 is 0 Å². The number of hydrogen-bond donors (Lipinski definition) is 0. The van der Waals surface area contributed by atoms with Gasteiger partial charge in [0.2, 0.25) is 5.91 Å². The van der Waals surface area contributed by atoms with Gasteiger partial charge in [0.1, 0.15) is 6.10 Å². The molecule has 1 amide bonds. The first-order valence-electron chi connectivity index (χ1n) is 15.0. The van der Waals surface area contributed by atoms with Gasteiger partial charge in [-0.15, -0.1) is 0 Å². The van der Waals surface area contributed by atoms with Gasteiger partial charge in [-0.05, 0) is 12.8 Å². The fourth-order valence-electron chi connectivity index (χ4n) is 5.23. The summed E-state index contributed by atoms with van der Waals surface area (Å²) in [7, 11) is 0. The van der Waals surface area contributed by atoms with Crippen molar-refractivity contribution in [2.75, 3.05) is 45.9 Å². The van der Waals surface area contributed by atoms with Crippen molar-refractivity contribution in [1.82, 2.24) is 9.80 Å². The zero-order valence-electron chi connectivity index (χ0n) is 22.8. The van der Waals surface area contributed by atoms with Gasteiger partial charge in [-0.25, -0.2) is 0 Å². The molecule has 0 aromatic rings. The van der Waals surface area contributed by atoms with Gasteiger partial charge in [-0.1, -0.05) is 96.8 Å². The largest absolute Gasteiger partial charge is 0.459 e. The fraction of sp³-hybridized carbons (Fsp3) is 0.931. The van der Waals surface area contributed by atoms with Crippen LogP contribution in [0.1, 0.15) is 122 Å². The van der Waals surface area contributed by atoms with Crippen LogP contribution < -0.4 is 0 Å². The Morgan fingerprint density at radius 3 is 1.86 bits per heavy atom. The number of nitrogens with zero attached hydrogens (tertiary/aromatic N) is 2. The van der Waals surface area contributed by atoms with E-state index in [1.165, 1.54) is 83.5 Å². The van der Waals surface area contributed by atoms with E-state index >= 15 is 0 Å². The van der Waals surface area contributed by atoms with Gasteiger partial charge in [0, 0.05) is 39.0 Å². The van der Waals surface area contributed by atoms with Crippen LogP contribution in [0, 0.1) is 0 Å². The second-order valence-corrected chi connectivity index (χ2v) is 10.7. The Morgan fingerprint density at radius 2 is 1.34 bits per heavy atom. The van der Waals surface area contributed by atoms with Crippen molar-refractivity contribution in [1.29, 1.82) is 0 Å². The smallest absolute Gasteiger partial charge is 0.306 e. The first-order valence-corrected chi connectivity index (χ1v) is 15.0. The van der Waals surface area contributed by atoms with Crippen molar-refractivity contribution in [3.8, 4) is 0 Å². The van der Waals surface area contributed by atoms with Crippen molar-refractivity contribution in [3.63, 3.8) is 0 Å². The van der Waals surface area contributed by atoms with Crippen molar-refractivity contribution in [2.45, 2.75) is 129 Å². The molecule has 6 heteroatoms. The second kappa shape index (κ2) is 20.0. The summed E-state index contributed by atoms with van der Waals surface area (Å²) in [5, 5.41) is 0. The highest BCUT2D eigenvalue weighted by molar-refractivity contribution is 5.78. The summed E-state index contributed by atoms with van der Waals surface area (Å²) in [4.78, 5) is 28.7. The molecule has 2 rings (SSSR count). The molecule has 35 heavy (non-hydrogen) atoms. The molecule has 0 bridgehead atoms. The van der Waals surface area contributed by atoms with Gasteiger partial charge >= 0.3 is 5.97 Å². The lowest BCUT2D eigenvalue weighted by molar-refractivity contribution is -0.153. The number of esters is 1. The van der Waals surface area contributed by atoms with Crippen LogP contribution in [0.3, 0.4) is 0 Å². The van der Waals surface area contributed by atoms with Crippen LogP contribution in [-0.4, -0.2) is 73.7 Å². The Kier molecular flexibility index (Phi) is 17.2. The van der Waals surface area contributed by atoms with E-state index in [9.17, 15) is 9.59 Å². The van der Waals surface area contributed by atoms with E-state index in [-0.39, 0.29) is 18.0 Å². The number of ether oxygens (including phenoxy) is 2. The molecule has 1 atom stereocenters. The van der Waals surface area contributed by atoms with Crippen molar-refractivity contribution >= 4 is 11.9 Å². The van der Waals surface area contributed by atoms with Crippen LogP contribution in [-0.2, 0) is 19.1 Å². The summed E-state index contributed by atoms with van der Waals surface area (Å²) >= 11 is 0. The maximum absolute atomic E-state index is 12.5. The number of carbonyl (C=O) groups excluding carboxylic acids is 2. The molecule has 0 radical (unpaired) electrons. The van der Waals surface area contributed by atoms with E-state index in [0.717, 1.165) is 52.1 Å². The predicted octanol–water partition coefficient (Wildman–Crippen LogP) is 6.11. The Morgan fingerprint density at radius 1 is 0.800 bits per heavy atom. The van der Waals surface area contributed by atoms with Gasteiger partial charge < -0.3 is 14.4 Å². The first kappa shape index (κ1) is 30.1.